The molecule has 5 nitrogen and oxygen atoms in total. The number of nitrogens with one attached hydrogen (secondary N) is 2. The summed E-state index contributed by atoms with van der Waals surface area (Å²) in [7, 11) is 1.60. The lowest BCUT2D eigenvalue weighted by atomic mass is 10.2. The number of likely N-dealkylation sites (tertiary alicyclic amines) is 1. The maximum absolute atomic E-state index is 11.6. The van der Waals surface area contributed by atoms with Gasteiger partial charge in [0.05, 0.1) is 6.54 Å². The van der Waals surface area contributed by atoms with Crippen molar-refractivity contribution in [3.05, 3.63) is 0 Å². The Hall–Kier alpha value is -1.10. The summed E-state index contributed by atoms with van der Waals surface area (Å²) in [6.45, 7) is 4.06. The third-order valence-electron chi connectivity index (χ3n) is 3.27. The van der Waals surface area contributed by atoms with Crippen LogP contribution in [0.25, 0.3) is 0 Å². The molecule has 2 amide bonds. The Bertz CT molecular complexity index is 268. The Morgan fingerprint density at radius 1 is 1.35 bits per heavy atom. The van der Waals surface area contributed by atoms with Crippen molar-refractivity contribution < 1.29 is 9.59 Å². The number of amides is 2. The van der Waals surface area contributed by atoms with Gasteiger partial charge < -0.3 is 10.6 Å². The minimum Gasteiger partial charge on any atom is -0.359 e. The van der Waals surface area contributed by atoms with Crippen molar-refractivity contribution in [2.24, 2.45) is 0 Å². The summed E-state index contributed by atoms with van der Waals surface area (Å²) in [5.74, 6) is -0.0211. The summed E-state index contributed by atoms with van der Waals surface area (Å²) >= 11 is 0. The topological polar surface area (TPSA) is 61.4 Å². The Morgan fingerprint density at radius 3 is 2.76 bits per heavy atom. The van der Waals surface area contributed by atoms with Crippen LogP contribution in [0.5, 0.6) is 0 Å². The van der Waals surface area contributed by atoms with Gasteiger partial charge in [0.2, 0.25) is 11.8 Å². The third-order valence-corrected chi connectivity index (χ3v) is 3.27. The second-order valence-electron chi connectivity index (χ2n) is 4.45. The van der Waals surface area contributed by atoms with E-state index in [1.54, 1.807) is 7.05 Å². The summed E-state index contributed by atoms with van der Waals surface area (Å²) in [4.78, 5) is 24.8. The zero-order valence-electron chi connectivity index (χ0n) is 10.8. The summed E-state index contributed by atoms with van der Waals surface area (Å²) in [6, 6.07) is 0.555. The van der Waals surface area contributed by atoms with E-state index < -0.39 is 0 Å². The van der Waals surface area contributed by atoms with Crippen molar-refractivity contribution in [3.63, 3.8) is 0 Å². The van der Waals surface area contributed by atoms with E-state index in [9.17, 15) is 9.59 Å². The highest BCUT2D eigenvalue weighted by atomic mass is 16.3. The molecule has 1 rings (SSSR count). The van der Waals surface area contributed by atoms with E-state index in [0.717, 1.165) is 13.0 Å². The summed E-state index contributed by atoms with van der Waals surface area (Å²) in [5.41, 5.74) is 0. The lowest BCUT2D eigenvalue weighted by Gasteiger charge is -2.22. The van der Waals surface area contributed by atoms with Gasteiger partial charge in [-0.3, -0.25) is 14.5 Å². The maximum atomic E-state index is 11.6. The van der Waals surface area contributed by atoms with E-state index in [-0.39, 0.29) is 11.8 Å². The first kappa shape index (κ1) is 14.0. The van der Waals surface area contributed by atoms with Crippen LogP contribution < -0.4 is 10.6 Å². The molecular formula is C12H23N3O2. The highest BCUT2D eigenvalue weighted by Gasteiger charge is 2.24. The van der Waals surface area contributed by atoms with Crippen molar-refractivity contribution in [1.29, 1.82) is 0 Å². The first-order valence-corrected chi connectivity index (χ1v) is 6.38. The lowest BCUT2D eigenvalue weighted by Crippen LogP contribution is -2.40. The molecule has 5 heteroatoms. The number of carbonyl (C=O) groups is 2. The molecule has 1 aliphatic rings. The van der Waals surface area contributed by atoms with E-state index in [1.807, 2.05) is 0 Å². The van der Waals surface area contributed by atoms with Crippen molar-refractivity contribution in [2.45, 2.75) is 38.6 Å². The van der Waals surface area contributed by atoms with E-state index in [1.165, 1.54) is 12.8 Å². The number of rotatable bonds is 6. The molecule has 17 heavy (non-hydrogen) atoms. The van der Waals surface area contributed by atoms with Crippen LogP contribution in [0, 0.1) is 0 Å². The predicted octanol–water partition coefficient (Wildman–Crippen LogP) is 0.113. The molecule has 0 bridgehead atoms. The molecule has 0 aromatic carbocycles. The van der Waals surface area contributed by atoms with Gasteiger partial charge in [0, 0.05) is 26.1 Å². The van der Waals surface area contributed by atoms with Crippen LogP contribution in [0.15, 0.2) is 0 Å². The molecule has 1 saturated heterocycles. The van der Waals surface area contributed by atoms with Gasteiger partial charge in [0.1, 0.15) is 0 Å². The zero-order valence-corrected chi connectivity index (χ0v) is 10.8. The molecule has 0 aliphatic carbocycles. The van der Waals surface area contributed by atoms with Crippen molar-refractivity contribution >= 4 is 11.8 Å². The van der Waals surface area contributed by atoms with Crippen molar-refractivity contribution in [2.75, 3.05) is 26.7 Å². The molecule has 0 saturated carbocycles. The van der Waals surface area contributed by atoms with Crippen LogP contribution in [0.2, 0.25) is 0 Å². The van der Waals surface area contributed by atoms with E-state index in [4.69, 9.17) is 0 Å². The van der Waals surface area contributed by atoms with Crippen LogP contribution >= 0.6 is 0 Å². The Morgan fingerprint density at radius 2 is 2.12 bits per heavy atom. The molecular weight excluding hydrogens is 224 g/mol. The molecule has 98 valence electrons. The van der Waals surface area contributed by atoms with Crippen molar-refractivity contribution in [3.8, 4) is 0 Å². The minimum atomic E-state index is -0.0436. The van der Waals surface area contributed by atoms with Gasteiger partial charge in [-0.15, -0.1) is 0 Å². The van der Waals surface area contributed by atoms with Gasteiger partial charge in [-0.2, -0.15) is 0 Å². The molecule has 1 heterocycles. The largest absolute Gasteiger partial charge is 0.359 e. The summed E-state index contributed by atoms with van der Waals surface area (Å²) in [5, 5.41) is 5.31. The lowest BCUT2D eigenvalue weighted by molar-refractivity contribution is -0.123. The Kier molecular flexibility index (Phi) is 5.97. The minimum absolute atomic E-state index is 0.0225. The van der Waals surface area contributed by atoms with Gasteiger partial charge in [-0.25, -0.2) is 0 Å². The summed E-state index contributed by atoms with van der Waals surface area (Å²) < 4.78 is 0. The maximum Gasteiger partial charge on any atom is 0.234 e. The van der Waals surface area contributed by atoms with E-state index in [0.29, 0.717) is 25.6 Å². The van der Waals surface area contributed by atoms with Crippen LogP contribution in [0.4, 0.5) is 0 Å². The number of nitrogens with zero attached hydrogens (tertiary/aromatic N) is 1. The fourth-order valence-corrected chi connectivity index (χ4v) is 2.25. The molecule has 0 aromatic rings. The SMILES string of the molecule is CCC1CCCN1[13CH2][13C](=O)[15NH]CC[13C](=O)[15NH][13CH3]. The van der Waals surface area contributed by atoms with E-state index >= 15 is 0 Å². The van der Waals surface area contributed by atoms with Crippen LogP contribution in [0.1, 0.15) is 32.6 Å². The highest BCUT2D eigenvalue weighted by molar-refractivity contribution is 5.80. The van der Waals surface area contributed by atoms with E-state index in [2.05, 4.69) is 22.5 Å². The Labute approximate surface area is 103 Å². The number of hydrogen-bond donors (Lipinski definition) is 2. The second kappa shape index (κ2) is 7.27. The molecule has 1 aliphatic heterocycles. The standard InChI is InChI=1S/C12H23N3O2/c1-3-10-5-4-8-15(10)9-12(17)14-7-6-11(16)13-2/h10H,3-9H2,1-2H3,(H,13,16)(H,14,17)/i2+1,9+1,11+1,12+1,13+1,14+1. The van der Waals surface area contributed by atoms with Gasteiger partial charge in [0.15, 0.2) is 0 Å². The van der Waals surface area contributed by atoms with Crippen LogP contribution in [0.3, 0.4) is 0 Å². The average Bonchev–Trinajstić information content (AvgIpc) is 2.76. The smallest absolute Gasteiger partial charge is 0.234 e. The first-order chi connectivity index (χ1) is 8.17. The number of carbonyl (C=O) groups excluding carboxylic acids is 2. The summed E-state index contributed by atoms with van der Waals surface area (Å²) in [6.07, 6.45) is 3.83. The second-order valence-corrected chi connectivity index (χ2v) is 4.45. The fourth-order valence-electron chi connectivity index (χ4n) is 2.25. The van der Waals surface area contributed by atoms with Gasteiger partial charge in [-0.1, -0.05) is 6.92 Å². The molecule has 2 N–H and O–H groups in total. The zero-order chi connectivity index (χ0) is 12.7. The molecule has 0 aromatic heterocycles. The first-order valence-electron chi connectivity index (χ1n) is 6.38. The Balaban J connectivity index is 2.18. The van der Waals surface area contributed by atoms with Gasteiger partial charge >= 0.3 is 0 Å². The molecule has 1 fully saturated rings. The van der Waals surface area contributed by atoms with Crippen LogP contribution in [-0.4, -0.2) is 49.4 Å². The number of hydrogen-bond acceptors (Lipinski definition) is 3. The molecule has 0 spiro atoms. The predicted molar refractivity (Wildman–Crippen MR) is 66.6 cm³/mol. The molecule has 0 radical (unpaired) electrons. The quantitative estimate of drug-likeness (QED) is 0.517. The van der Waals surface area contributed by atoms with Crippen LogP contribution in [-0.2, 0) is 9.59 Å². The fraction of sp³-hybridized carbons (Fsp3) is 0.833. The third kappa shape index (κ3) is 4.73. The van der Waals surface area contributed by atoms with Gasteiger partial charge in [0.25, 0.3) is 0 Å². The van der Waals surface area contributed by atoms with Crippen molar-refractivity contribution in [1.82, 2.24) is 15.5 Å². The molecule has 1 unspecified atom stereocenters. The molecule has 1 atom stereocenters. The van der Waals surface area contributed by atoms with Gasteiger partial charge in [-0.05, 0) is 25.8 Å². The monoisotopic (exact) mass is 247 g/mol. The average molecular weight is 247 g/mol. The normalized spacial score (nSPS) is 20.2. The highest BCUT2D eigenvalue weighted by Crippen LogP contribution is 2.18.